The number of likely N-dealkylation sites (N-methyl/N-ethyl adjacent to an activating group) is 1. The highest BCUT2D eigenvalue weighted by Gasteiger charge is 2.32. The maximum atomic E-state index is 12.8. The van der Waals surface area contributed by atoms with Crippen molar-refractivity contribution in [2.45, 2.75) is 31.7 Å². The van der Waals surface area contributed by atoms with Gasteiger partial charge in [-0.05, 0) is 20.4 Å². The van der Waals surface area contributed by atoms with Crippen molar-refractivity contribution in [3.8, 4) is 0 Å². The summed E-state index contributed by atoms with van der Waals surface area (Å²) in [5.41, 5.74) is 0. The highest BCUT2D eigenvalue weighted by Crippen LogP contribution is 2.21. The summed E-state index contributed by atoms with van der Waals surface area (Å²) in [4.78, 5) is 2.03. The fourth-order valence-electron chi connectivity index (χ4n) is 1.67. The van der Waals surface area contributed by atoms with Crippen LogP contribution in [0.4, 0.5) is 4.39 Å². The van der Waals surface area contributed by atoms with Gasteiger partial charge in [0, 0.05) is 19.7 Å². The number of ether oxygens (including phenoxy) is 1. The predicted molar refractivity (Wildman–Crippen MR) is 42.4 cm³/mol. The average molecular weight is 161 g/mol. The largest absolute Gasteiger partial charge is 0.380 e. The topological polar surface area (TPSA) is 12.5 Å². The van der Waals surface area contributed by atoms with Gasteiger partial charge in [0.25, 0.3) is 0 Å². The van der Waals surface area contributed by atoms with E-state index in [1.54, 1.807) is 7.11 Å². The third-order valence-electron chi connectivity index (χ3n) is 2.46. The van der Waals surface area contributed by atoms with E-state index in [4.69, 9.17) is 4.74 Å². The Hall–Kier alpha value is -0.150. The van der Waals surface area contributed by atoms with Crippen LogP contribution in [0, 0.1) is 0 Å². The van der Waals surface area contributed by atoms with Crippen LogP contribution in [0.3, 0.4) is 0 Å². The molecule has 1 saturated heterocycles. The van der Waals surface area contributed by atoms with E-state index in [2.05, 4.69) is 0 Å². The third kappa shape index (κ3) is 1.91. The number of hydrogen-bond acceptors (Lipinski definition) is 2. The minimum absolute atomic E-state index is 0.140. The van der Waals surface area contributed by atoms with Gasteiger partial charge in [0.2, 0.25) is 0 Å². The minimum atomic E-state index is -0.664. The van der Waals surface area contributed by atoms with Crippen LogP contribution in [0.25, 0.3) is 0 Å². The molecule has 1 heterocycles. The molecule has 0 aromatic rings. The highest BCUT2D eigenvalue weighted by atomic mass is 19.1. The molecule has 1 fully saturated rings. The van der Waals surface area contributed by atoms with E-state index in [0.717, 1.165) is 0 Å². The van der Waals surface area contributed by atoms with Gasteiger partial charge in [0.1, 0.15) is 6.17 Å². The first-order valence-electron chi connectivity index (χ1n) is 4.02. The lowest BCUT2D eigenvalue weighted by Crippen LogP contribution is -2.35. The van der Waals surface area contributed by atoms with Crippen LogP contribution in [0.5, 0.6) is 0 Å². The van der Waals surface area contributed by atoms with Crippen molar-refractivity contribution in [3.05, 3.63) is 0 Å². The molecule has 0 unspecified atom stereocenters. The zero-order valence-corrected chi connectivity index (χ0v) is 7.38. The molecule has 0 amide bonds. The van der Waals surface area contributed by atoms with Gasteiger partial charge in [-0.1, -0.05) is 0 Å². The van der Waals surface area contributed by atoms with Gasteiger partial charge in [0.05, 0.1) is 6.10 Å². The van der Waals surface area contributed by atoms with Gasteiger partial charge in [-0.25, -0.2) is 4.39 Å². The van der Waals surface area contributed by atoms with E-state index in [9.17, 15) is 4.39 Å². The number of nitrogens with zero attached hydrogens (tertiary/aromatic N) is 1. The average Bonchev–Trinajstić information content (AvgIpc) is 2.28. The van der Waals surface area contributed by atoms with Crippen molar-refractivity contribution in [2.75, 3.05) is 20.7 Å². The lowest BCUT2D eigenvalue weighted by atomic mass is 10.1. The summed E-state index contributed by atoms with van der Waals surface area (Å²) in [5.74, 6) is 0. The van der Waals surface area contributed by atoms with Gasteiger partial charge in [-0.3, -0.25) is 4.90 Å². The van der Waals surface area contributed by atoms with Crippen molar-refractivity contribution < 1.29 is 9.13 Å². The van der Waals surface area contributed by atoms with Crippen LogP contribution >= 0.6 is 0 Å². The number of rotatable bonds is 2. The molecule has 1 aliphatic rings. The molecule has 0 radical (unpaired) electrons. The fourth-order valence-corrected chi connectivity index (χ4v) is 1.67. The monoisotopic (exact) mass is 161 g/mol. The summed E-state index contributed by atoms with van der Waals surface area (Å²) < 4.78 is 18.0. The zero-order chi connectivity index (χ0) is 8.43. The maximum absolute atomic E-state index is 12.8. The normalized spacial score (nSPS) is 36.0. The van der Waals surface area contributed by atoms with Crippen LogP contribution in [-0.2, 0) is 4.74 Å². The molecule has 3 atom stereocenters. The van der Waals surface area contributed by atoms with Crippen LogP contribution < -0.4 is 0 Å². The van der Waals surface area contributed by atoms with E-state index in [1.807, 2.05) is 18.9 Å². The SMILES string of the molecule is CO[C@@H](C)[C@@H]1C[C@@H](F)CN1C. The molecule has 0 aromatic heterocycles. The summed E-state index contributed by atoms with van der Waals surface area (Å²) in [6, 6.07) is 0.259. The first kappa shape index (κ1) is 8.94. The Balaban J connectivity index is 2.45. The van der Waals surface area contributed by atoms with Gasteiger partial charge >= 0.3 is 0 Å². The number of halogens is 1. The number of methoxy groups -OCH3 is 1. The molecule has 1 rings (SSSR count). The van der Waals surface area contributed by atoms with Crippen molar-refractivity contribution in [2.24, 2.45) is 0 Å². The molecule has 2 nitrogen and oxygen atoms in total. The molecule has 0 N–H and O–H groups in total. The minimum Gasteiger partial charge on any atom is -0.380 e. The summed E-state index contributed by atoms with van der Waals surface area (Å²) in [6.07, 6.45) is 0.0919. The van der Waals surface area contributed by atoms with Crippen LogP contribution in [0.2, 0.25) is 0 Å². The van der Waals surface area contributed by atoms with Crippen molar-refractivity contribution >= 4 is 0 Å². The second kappa shape index (κ2) is 3.50. The van der Waals surface area contributed by atoms with Crippen LogP contribution in [0.15, 0.2) is 0 Å². The fraction of sp³-hybridized carbons (Fsp3) is 1.00. The Morgan fingerprint density at radius 2 is 2.27 bits per heavy atom. The molecule has 0 bridgehead atoms. The van der Waals surface area contributed by atoms with Crippen molar-refractivity contribution in [1.29, 1.82) is 0 Å². The standard InChI is InChI=1S/C8H16FNO/c1-6(11-3)8-4-7(9)5-10(8)2/h6-8H,4-5H2,1-3H3/t6-,7+,8-/m0/s1. The summed E-state index contributed by atoms with van der Waals surface area (Å²) in [5, 5.41) is 0. The Labute approximate surface area is 67.3 Å². The molecule has 11 heavy (non-hydrogen) atoms. The highest BCUT2D eigenvalue weighted by molar-refractivity contribution is 4.86. The van der Waals surface area contributed by atoms with Gasteiger partial charge in [-0.15, -0.1) is 0 Å². The van der Waals surface area contributed by atoms with E-state index in [1.165, 1.54) is 0 Å². The lowest BCUT2D eigenvalue weighted by Gasteiger charge is -2.24. The first-order valence-corrected chi connectivity index (χ1v) is 4.02. The Bertz CT molecular complexity index is 127. The Morgan fingerprint density at radius 1 is 1.64 bits per heavy atom. The number of hydrogen-bond donors (Lipinski definition) is 0. The molecule has 0 saturated carbocycles. The molecule has 0 aliphatic carbocycles. The van der Waals surface area contributed by atoms with Gasteiger partial charge in [-0.2, -0.15) is 0 Å². The smallest absolute Gasteiger partial charge is 0.114 e. The maximum Gasteiger partial charge on any atom is 0.114 e. The van der Waals surface area contributed by atoms with Gasteiger partial charge < -0.3 is 4.74 Å². The predicted octanol–water partition coefficient (Wildman–Crippen LogP) is 1.06. The lowest BCUT2D eigenvalue weighted by molar-refractivity contribution is 0.0529. The number of likely N-dealkylation sites (tertiary alicyclic amines) is 1. The molecule has 66 valence electrons. The van der Waals surface area contributed by atoms with E-state index >= 15 is 0 Å². The van der Waals surface area contributed by atoms with E-state index < -0.39 is 6.17 Å². The first-order chi connectivity index (χ1) is 5.15. The molecule has 0 aromatic carbocycles. The van der Waals surface area contributed by atoms with Crippen LogP contribution in [-0.4, -0.2) is 43.9 Å². The summed E-state index contributed by atoms with van der Waals surface area (Å²) in [6.45, 7) is 2.54. The van der Waals surface area contributed by atoms with E-state index in [0.29, 0.717) is 13.0 Å². The molecule has 3 heteroatoms. The van der Waals surface area contributed by atoms with Gasteiger partial charge in [0.15, 0.2) is 0 Å². The summed E-state index contributed by atoms with van der Waals surface area (Å²) >= 11 is 0. The second-order valence-corrected chi connectivity index (χ2v) is 3.28. The Morgan fingerprint density at radius 3 is 2.64 bits per heavy atom. The molecule has 0 spiro atoms. The van der Waals surface area contributed by atoms with E-state index in [-0.39, 0.29) is 12.1 Å². The Kier molecular flexibility index (Phi) is 2.84. The quantitative estimate of drug-likeness (QED) is 0.600. The second-order valence-electron chi connectivity index (χ2n) is 3.28. The molecular weight excluding hydrogens is 145 g/mol. The zero-order valence-electron chi connectivity index (χ0n) is 7.38. The summed E-state index contributed by atoms with van der Waals surface area (Å²) in [7, 11) is 3.61. The molecular formula is C8H16FNO. The van der Waals surface area contributed by atoms with Crippen molar-refractivity contribution in [1.82, 2.24) is 4.90 Å². The number of alkyl halides is 1. The van der Waals surface area contributed by atoms with Crippen molar-refractivity contribution in [3.63, 3.8) is 0 Å². The van der Waals surface area contributed by atoms with Crippen LogP contribution in [0.1, 0.15) is 13.3 Å². The molecule has 1 aliphatic heterocycles. The third-order valence-corrected chi connectivity index (χ3v) is 2.46.